The Labute approximate surface area is 136 Å². The van der Waals surface area contributed by atoms with E-state index in [9.17, 15) is 8.42 Å². The molecule has 0 saturated heterocycles. The lowest BCUT2D eigenvalue weighted by molar-refractivity contribution is 0.141. The number of nitrogens with zero attached hydrogens (tertiary/aromatic N) is 1. The zero-order valence-electron chi connectivity index (χ0n) is 13.1. The smallest absolute Gasteiger partial charge is 0.300 e. The first kappa shape index (κ1) is 17.8. The molecule has 1 aliphatic rings. The van der Waals surface area contributed by atoms with Crippen molar-refractivity contribution in [3.63, 3.8) is 0 Å². The second kappa shape index (κ2) is 8.35. The number of benzene rings is 1. The first-order valence-electron chi connectivity index (χ1n) is 7.44. The molecule has 0 radical (unpaired) electrons. The molecule has 2 atom stereocenters. The van der Waals surface area contributed by atoms with Crippen LogP contribution >= 0.6 is 0 Å². The minimum Gasteiger partial charge on any atom is -0.379 e. The van der Waals surface area contributed by atoms with Crippen LogP contribution in [0.25, 0.3) is 0 Å². The van der Waals surface area contributed by atoms with E-state index in [-0.39, 0.29) is 12.2 Å². The van der Waals surface area contributed by atoms with Gasteiger partial charge in [-0.2, -0.15) is 0 Å². The van der Waals surface area contributed by atoms with E-state index in [2.05, 4.69) is 15.3 Å². The second-order valence-corrected chi connectivity index (χ2v) is 7.28. The van der Waals surface area contributed by atoms with Crippen molar-refractivity contribution in [1.29, 1.82) is 0 Å². The summed E-state index contributed by atoms with van der Waals surface area (Å²) in [6.07, 6.45) is 4.70. The van der Waals surface area contributed by atoms with E-state index in [1.165, 1.54) is 6.26 Å². The van der Waals surface area contributed by atoms with E-state index in [1.54, 1.807) is 36.7 Å². The average Bonchev–Trinajstić information content (AvgIpc) is 2.54. The Morgan fingerprint density at radius 3 is 2.65 bits per heavy atom. The first-order valence-corrected chi connectivity index (χ1v) is 9.34. The van der Waals surface area contributed by atoms with Crippen molar-refractivity contribution in [1.82, 2.24) is 15.3 Å². The molecule has 0 fully saturated rings. The molecule has 2 rings (SSSR count). The van der Waals surface area contributed by atoms with Crippen LogP contribution in [0.4, 0.5) is 0 Å². The third kappa shape index (κ3) is 5.54. The lowest BCUT2D eigenvalue weighted by Crippen LogP contribution is -2.49. The summed E-state index contributed by atoms with van der Waals surface area (Å²) in [6, 6.07) is 6.75. The van der Waals surface area contributed by atoms with Crippen LogP contribution in [0, 0.1) is 0 Å². The monoisotopic (exact) mass is 339 g/mol. The maximum Gasteiger partial charge on any atom is 0.300 e. The van der Waals surface area contributed by atoms with E-state index < -0.39 is 9.84 Å². The predicted molar refractivity (Wildman–Crippen MR) is 91.4 cm³/mol. The SMILES string of the molecule is CS(=O)(=O)c1ccc(C2C=[N+]=CC(NCCOCCN)N2)cc1. The fourth-order valence-electron chi connectivity index (χ4n) is 2.19. The van der Waals surface area contributed by atoms with Gasteiger partial charge in [-0.25, -0.2) is 8.42 Å². The van der Waals surface area contributed by atoms with Crippen molar-refractivity contribution >= 4 is 22.3 Å². The van der Waals surface area contributed by atoms with Crippen molar-refractivity contribution in [2.45, 2.75) is 17.1 Å². The number of rotatable bonds is 8. The highest BCUT2D eigenvalue weighted by Crippen LogP contribution is 2.16. The molecule has 8 heteroatoms. The van der Waals surface area contributed by atoms with E-state index >= 15 is 0 Å². The molecule has 2 unspecified atom stereocenters. The van der Waals surface area contributed by atoms with Crippen molar-refractivity contribution in [3.05, 3.63) is 29.8 Å². The number of nitrogens with two attached hydrogens (primary N) is 1. The summed E-state index contributed by atoms with van der Waals surface area (Å²) in [7, 11) is -3.18. The van der Waals surface area contributed by atoms with Gasteiger partial charge in [-0.3, -0.25) is 10.6 Å². The van der Waals surface area contributed by atoms with Crippen LogP contribution in [-0.2, 0) is 14.6 Å². The topological polar surface area (TPSA) is 108 Å². The minimum atomic E-state index is -3.18. The summed E-state index contributed by atoms with van der Waals surface area (Å²) in [5, 5.41) is 6.65. The van der Waals surface area contributed by atoms with Crippen LogP contribution in [0.1, 0.15) is 11.6 Å². The fourth-order valence-corrected chi connectivity index (χ4v) is 2.82. The summed E-state index contributed by atoms with van der Waals surface area (Å²) >= 11 is 0. The van der Waals surface area contributed by atoms with Gasteiger partial charge in [-0.05, 0) is 17.7 Å². The molecule has 0 amide bonds. The number of ether oxygens (including phenoxy) is 1. The van der Waals surface area contributed by atoms with Crippen molar-refractivity contribution < 1.29 is 13.2 Å². The third-order valence-corrected chi connectivity index (χ3v) is 4.50. The normalized spacial score (nSPS) is 20.8. The Kier molecular flexibility index (Phi) is 6.47. The van der Waals surface area contributed by atoms with Crippen molar-refractivity contribution in [3.8, 4) is 0 Å². The molecule has 1 aliphatic heterocycles. The molecule has 1 aromatic rings. The van der Waals surface area contributed by atoms with E-state index in [4.69, 9.17) is 10.5 Å². The van der Waals surface area contributed by atoms with Gasteiger partial charge in [0, 0.05) is 19.3 Å². The number of hydrogen-bond acceptors (Lipinski definition) is 6. The summed E-state index contributed by atoms with van der Waals surface area (Å²) in [5.41, 5.74) is 6.31. The van der Waals surface area contributed by atoms with Crippen LogP contribution in [0.3, 0.4) is 0 Å². The summed E-state index contributed by atoms with van der Waals surface area (Å²) in [4.78, 5) is 0.312. The molecule has 126 valence electrons. The first-order chi connectivity index (χ1) is 11.0. The molecule has 0 spiro atoms. The molecule has 0 saturated carbocycles. The number of sulfone groups is 1. The molecule has 1 heterocycles. The quantitative estimate of drug-likeness (QED) is 0.407. The Morgan fingerprint density at radius 2 is 2.00 bits per heavy atom. The standard InChI is InChI=1S/C15H23N4O3S/c1-23(20,21)13-4-2-12(3-5-13)14-10-17-11-15(19-14)18-7-9-22-8-6-16/h2-5,10-11,14-15,18-19H,6-9,16H2,1H3/q+1. The Morgan fingerprint density at radius 1 is 1.26 bits per heavy atom. The fraction of sp³-hybridized carbons (Fsp3) is 0.467. The van der Waals surface area contributed by atoms with Gasteiger partial charge in [-0.1, -0.05) is 12.1 Å². The van der Waals surface area contributed by atoms with Gasteiger partial charge in [0.2, 0.25) is 0 Å². The van der Waals surface area contributed by atoms with Gasteiger partial charge >= 0.3 is 0 Å². The second-order valence-electron chi connectivity index (χ2n) is 5.27. The van der Waals surface area contributed by atoms with Gasteiger partial charge in [0.1, 0.15) is 6.04 Å². The lowest BCUT2D eigenvalue weighted by atomic mass is 10.1. The molecule has 0 aliphatic carbocycles. The maximum absolute atomic E-state index is 11.5. The minimum absolute atomic E-state index is 0.0685. The lowest BCUT2D eigenvalue weighted by Gasteiger charge is -2.18. The highest BCUT2D eigenvalue weighted by atomic mass is 32.2. The van der Waals surface area contributed by atoms with E-state index in [0.717, 1.165) is 5.56 Å². The summed E-state index contributed by atoms with van der Waals surface area (Å²) in [6.45, 7) is 2.34. The van der Waals surface area contributed by atoms with Crippen LogP contribution in [-0.4, -0.2) is 59.6 Å². The highest BCUT2D eigenvalue weighted by molar-refractivity contribution is 7.90. The number of nitrogens with one attached hydrogen (secondary N) is 2. The molecule has 1 aromatic carbocycles. The van der Waals surface area contributed by atoms with Crippen molar-refractivity contribution in [2.75, 3.05) is 32.6 Å². The molecule has 7 nitrogen and oxygen atoms in total. The number of hydrogen-bond donors (Lipinski definition) is 3. The Balaban J connectivity index is 1.91. The maximum atomic E-state index is 11.5. The van der Waals surface area contributed by atoms with Gasteiger partial charge in [0.05, 0.1) is 18.1 Å². The van der Waals surface area contributed by atoms with Crippen molar-refractivity contribution in [2.24, 2.45) is 5.73 Å². The summed E-state index contributed by atoms with van der Waals surface area (Å²) < 4.78 is 32.5. The van der Waals surface area contributed by atoms with Gasteiger partial charge in [-0.15, -0.1) is 4.67 Å². The van der Waals surface area contributed by atoms with Crippen LogP contribution in [0.2, 0.25) is 0 Å². The van der Waals surface area contributed by atoms with Gasteiger partial charge in [0.15, 0.2) is 16.0 Å². The molecular formula is C15H23N4O3S+. The Bertz CT molecular complexity index is 666. The van der Waals surface area contributed by atoms with E-state index in [0.29, 0.717) is 31.2 Å². The zero-order valence-corrected chi connectivity index (χ0v) is 13.9. The molecule has 0 aromatic heterocycles. The summed E-state index contributed by atoms with van der Waals surface area (Å²) in [5.74, 6) is 0. The van der Waals surface area contributed by atoms with Gasteiger partial charge in [0.25, 0.3) is 12.4 Å². The largest absolute Gasteiger partial charge is 0.379 e. The molecule has 0 bridgehead atoms. The zero-order chi connectivity index (χ0) is 16.7. The molecular weight excluding hydrogens is 316 g/mol. The molecule has 4 N–H and O–H groups in total. The average molecular weight is 339 g/mol. The van der Waals surface area contributed by atoms with E-state index in [1.807, 2.05) is 0 Å². The van der Waals surface area contributed by atoms with Crippen LogP contribution < -0.4 is 21.0 Å². The Hall–Kier alpha value is -1.54. The van der Waals surface area contributed by atoms with Crippen LogP contribution in [0.5, 0.6) is 0 Å². The van der Waals surface area contributed by atoms with Crippen LogP contribution in [0.15, 0.2) is 29.2 Å². The predicted octanol–water partition coefficient (Wildman–Crippen LogP) is -1.17. The van der Waals surface area contributed by atoms with Gasteiger partial charge < -0.3 is 10.5 Å². The highest BCUT2D eigenvalue weighted by Gasteiger charge is 2.23. The molecule has 23 heavy (non-hydrogen) atoms. The third-order valence-electron chi connectivity index (χ3n) is 3.37.